The van der Waals surface area contributed by atoms with E-state index in [9.17, 15) is 4.79 Å². The zero-order valence-electron chi connectivity index (χ0n) is 11.9. The molecule has 0 saturated heterocycles. The maximum atomic E-state index is 12.3. The van der Waals surface area contributed by atoms with Gasteiger partial charge in [0.1, 0.15) is 11.4 Å². The summed E-state index contributed by atoms with van der Waals surface area (Å²) in [5, 5.41) is 12.5. The van der Waals surface area contributed by atoms with Crippen molar-refractivity contribution >= 4 is 22.5 Å². The molecule has 0 spiro atoms. The maximum absolute atomic E-state index is 12.3. The lowest BCUT2D eigenvalue weighted by atomic mass is 10.2. The number of benzene rings is 2. The first-order valence-electron chi connectivity index (χ1n) is 6.68. The summed E-state index contributed by atoms with van der Waals surface area (Å²) in [5.41, 5.74) is 2.34. The predicted molar refractivity (Wildman–Crippen MR) is 84.0 cm³/mol. The van der Waals surface area contributed by atoms with E-state index in [1.807, 2.05) is 24.3 Å². The molecule has 0 aliphatic heterocycles. The highest BCUT2D eigenvalue weighted by Gasteiger charge is 2.12. The van der Waals surface area contributed by atoms with Crippen molar-refractivity contribution in [2.45, 2.75) is 0 Å². The van der Waals surface area contributed by atoms with Crippen molar-refractivity contribution in [2.75, 3.05) is 12.4 Å². The van der Waals surface area contributed by atoms with Crippen molar-refractivity contribution in [3.8, 4) is 11.8 Å². The average molecular weight is 291 g/mol. The Morgan fingerprint density at radius 2 is 2.05 bits per heavy atom. The van der Waals surface area contributed by atoms with Crippen molar-refractivity contribution in [2.24, 2.45) is 0 Å². The van der Waals surface area contributed by atoms with Gasteiger partial charge in [-0.05, 0) is 36.4 Å². The van der Waals surface area contributed by atoms with Gasteiger partial charge in [0.15, 0.2) is 0 Å². The molecule has 0 atom stereocenters. The Labute approximate surface area is 127 Å². The minimum atomic E-state index is -0.270. The molecule has 0 unspecified atom stereocenters. The normalized spacial score (nSPS) is 10.2. The Bertz CT molecular complexity index is 890. The highest BCUT2D eigenvalue weighted by Crippen LogP contribution is 2.26. The second-order valence-electron chi connectivity index (χ2n) is 4.75. The van der Waals surface area contributed by atoms with Gasteiger partial charge in [0.25, 0.3) is 5.91 Å². The number of amides is 1. The van der Waals surface area contributed by atoms with E-state index in [4.69, 9.17) is 10.00 Å². The third kappa shape index (κ3) is 2.50. The van der Waals surface area contributed by atoms with Crippen LogP contribution in [0.25, 0.3) is 10.9 Å². The second-order valence-corrected chi connectivity index (χ2v) is 4.75. The van der Waals surface area contributed by atoms with Crippen LogP contribution in [0.3, 0.4) is 0 Å². The highest BCUT2D eigenvalue weighted by atomic mass is 16.5. The van der Waals surface area contributed by atoms with Crippen LogP contribution in [0.5, 0.6) is 5.75 Å². The van der Waals surface area contributed by atoms with Crippen LogP contribution in [-0.2, 0) is 0 Å². The maximum Gasteiger partial charge on any atom is 0.272 e. The molecule has 5 nitrogen and oxygen atoms in total. The molecule has 0 fully saturated rings. The van der Waals surface area contributed by atoms with Crippen LogP contribution in [-0.4, -0.2) is 18.0 Å². The van der Waals surface area contributed by atoms with Crippen LogP contribution in [0, 0.1) is 11.3 Å². The number of nitrogens with zero attached hydrogens (tertiary/aromatic N) is 1. The van der Waals surface area contributed by atoms with E-state index >= 15 is 0 Å². The number of nitriles is 1. The smallest absolute Gasteiger partial charge is 0.272 e. The molecule has 0 aliphatic rings. The zero-order chi connectivity index (χ0) is 15.5. The number of rotatable bonds is 3. The van der Waals surface area contributed by atoms with Gasteiger partial charge in [-0.25, -0.2) is 0 Å². The van der Waals surface area contributed by atoms with E-state index in [0.29, 0.717) is 22.7 Å². The van der Waals surface area contributed by atoms with Crippen LogP contribution < -0.4 is 10.1 Å². The summed E-state index contributed by atoms with van der Waals surface area (Å²) in [7, 11) is 1.59. The van der Waals surface area contributed by atoms with Gasteiger partial charge >= 0.3 is 0 Å². The Morgan fingerprint density at radius 3 is 2.82 bits per heavy atom. The number of carbonyl (C=O) groups is 1. The van der Waals surface area contributed by atoms with E-state index in [1.54, 1.807) is 37.4 Å². The number of H-pyrrole nitrogens is 1. The molecule has 0 saturated carbocycles. The van der Waals surface area contributed by atoms with E-state index in [2.05, 4.69) is 10.3 Å². The molecule has 1 heterocycles. The summed E-state index contributed by atoms with van der Waals surface area (Å²) >= 11 is 0. The number of hydrogen-bond acceptors (Lipinski definition) is 3. The fourth-order valence-electron chi connectivity index (χ4n) is 2.29. The molecule has 2 N–H and O–H groups in total. The number of carbonyl (C=O) groups excluding carboxylic acids is 1. The first-order valence-corrected chi connectivity index (χ1v) is 6.68. The van der Waals surface area contributed by atoms with Crippen LogP contribution in [0.1, 0.15) is 16.1 Å². The van der Waals surface area contributed by atoms with E-state index in [1.165, 1.54) is 0 Å². The molecule has 0 radical (unpaired) electrons. The molecule has 3 aromatic rings. The summed E-state index contributed by atoms with van der Waals surface area (Å²) in [6.07, 6.45) is 0. The summed E-state index contributed by atoms with van der Waals surface area (Å²) in [6, 6.07) is 16.1. The molecule has 2 aromatic carbocycles. The minimum Gasteiger partial charge on any atom is -0.496 e. The topological polar surface area (TPSA) is 77.9 Å². The van der Waals surface area contributed by atoms with Crippen molar-refractivity contribution in [1.29, 1.82) is 5.26 Å². The number of fused-ring (bicyclic) bond motifs is 1. The largest absolute Gasteiger partial charge is 0.496 e. The fourth-order valence-corrected chi connectivity index (χ4v) is 2.29. The first-order chi connectivity index (χ1) is 10.7. The number of hydrogen-bond donors (Lipinski definition) is 2. The van der Waals surface area contributed by atoms with Crippen molar-refractivity contribution in [1.82, 2.24) is 4.98 Å². The number of anilines is 1. The van der Waals surface area contributed by atoms with Gasteiger partial charge in [-0.3, -0.25) is 4.79 Å². The molecule has 22 heavy (non-hydrogen) atoms. The summed E-state index contributed by atoms with van der Waals surface area (Å²) in [6.45, 7) is 0. The third-order valence-electron chi connectivity index (χ3n) is 3.34. The number of nitrogens with one attached hydrogen (secondary N) is 2. The second kappa shape index (κ2) is 5.62. The Balaban J connectivity index is 1.90. The lowest BCUT2D eigenvalue weighted by Gasteiger charge is -2.03. The standard InChI is InChI=1S/C17H13N3O2/c1-22-16-7-3-6-14-13(16)9-15(20-14)17(21)19-12-5-2-4-11(8-12)10-18/h2-9,20H,1H3,(H,19,21). The molecule has 1 aromatic heterocycles. The molecular weight excluding hydrogens is 278 g/mol. The first kappa shape index (κ1) is 13.7. The number of aromatic amines is 1. The van der Waals surface area contributed by atoms with Crippen molar-refractivity contribution < 1.29 is 9.53 Å². The van der Waals surface area contributed by atoms with Crippen LogP contribution >= 0.6 is 0 Å². The predicted octanol–water partition coefficient (Wildman–Crippen LogP) is 3.30. The quantitative estimate of drug-likeness (QED) is 0.777. The van der Waals surface area contributed by atoms with Gasteiger partial charge in [0.2, 0.25) is 0 Å². The van der Waals surface area contributed by atoms with E-state index < -0.39 is 0 Å². The molecule has 108 valence electrons. The average Bonchev–Trinajstić information content (AvgIpc) is 2.99. The fraction of sp³-hybridized carbons (Fsp3) is 0.0588. The molecule has 5 heteroatoms. The van der Waals surface area contributed by atoms with Gasteiger partial charge in [-0.1, -0.05) is 12.1 Å². The number of aromatic nitrogens is 1. The van der Waals surface area contributed by atoms with Crippen molar-refractivity contribution in [3.05, 3.63) is 59.8 Å². The Kier molecular flexibility index (Phi) is 3.50. The van der Waals surface area contributed by atoms with Crippen molar-refractivity contribution in [3.63, 3.8) is 0 Å². The lowest BCUT2D eigenvalue weighted by Crippen LogP contribution is -2.12. The Hall–Kier alpha value is -3.26. The van der Waals surface area contributed by atoms with Gasteiger partial charge < -0.3 is 15.0 Å². The summed E-state index contributed by atoms with van der Waals surface area (Å²) in [4.78, 5) is 15.4. The Morgan fingerprint density at radius 1 is 1.23 bits per heavy atom. The highest BCUT2D eigenvalue weighted by molar-refractivity contribution is 6.06. The van der Waals surface area contributed by atoms with Gasteiger partial charge in [0, 0.05) is 16.6 Å². The van der Waals surface area contributed by atoms with Gasteiger partial charge in [-0.15, -0.1) is 0 Å². The van der Waals surface area contributed by atoms with Crippen LogP contribution in [0.2, 0.25) is 0 Å². The summed E-state index contributed by atoms with van der Waals surface area (Å²) < 4.78 is 5.28. The molecule has 3 rings (SSSR count). The zero-order valence-corrected chi connectivity index (χ0v) is 11.9. The van der Waals surface area contributed by atoms with E-state index in [0.717, 1.165) is 10.9 Å². The van der Waals surface area contributed by atoms with Gasteiger partial charge in [0.05, 0.1) is 18.7 Å². The minimum absolute atomic E-state index is 0.270. The molecular formula is C17H13N3O2. The van der Waals surface area contributed by atoms with E-state index in [-0.39, 0.29) is 5.91 Å². The van der Waals surface area contributed by atoms with Gasteiger partial charge in [-0.2, -0.15) is 5.26 Å². The SMILES string of the molecule is COc1cccc2[nH]c(C(=O)Nc3cccc(C#N)c3)cc12. The molecule has 0 aliphatic carbocycles. The summed E-state index contributed by atoms with van der Waals surface area (Å²) in [5.74, 6) is 0.438. The molecule has 1 amide bonds. The third-order valence-corrected chi connectivity index (χ3v) is 3.34. The van der Waals surface area contributed by atoms with Crippen LogP contribution in [0.15, 0.2) is 48.5 Å². The number of methoxy groups -OCH3 is 1. The number of ether oxygens (including phenoxy) is 1. The molecule has 0 bridgehead atoms. The monoisotopic (exact) mass is 291 g/mol. The lowest BCUT2D eigenvalue weighted by molar-refractivity contribution is 0.102. The van der Waals surface area contributed by atoms with Crippen LogP contribution in [0.4, 0.5) is 5.69 Å².